The van der Waals surface area contributed by atoms with Crippen LogP contribution in [0.5, 0.6) is 0 Å². The number of para-hydroxylation sites is 1. The van der Waals surface area contributed by atoms with Crippen LogP contribution in [-0.2, 0) is 16.0 Å². The van der Waals surface area contributed by atoms with Crippen molar-refractivity contribution in [2.75, 3.05) is 0 Å². The summed E-state index contributed by atoms with van der Waals surface area (Å²) in [5, 5.41) is 19.6. The Hall–Kier alpha value is -2.37. The zero-order valence-electron chi connectivity index (χ0n) is 11.5. The summed E-state index contributed by atoms with van der Waals surface area (Å²) in [6.07, 6.45) is 2.75. The van der Waals surface area contributed by atoms with E-state index in [2.05, 4.69) is 15.5 Å². The lowest BCUT2D eigenvalue weighted by atomic mass is 10.1. The molecule has 21 heavy (non-hydrogen) atoms. The zero-order chi connectivity index (χ0) is 14.8. The third kappa shape index (κ3) is 3.21. The molecule has 1 amide bonds. The van der Waals surface area contributed by atoms with Gasteiger partial charge in [0.2, 0.25) is 5.91 Å². The number of benzene rings is 1. The number of carbonyl (C=O) groups excluding carboxylic acids is 1. The van der Waals surface area contributed by atoms with Crippen molar-refractivity contribution < 1.29 is 14.7 Å². The van der Waals surface area contributed by atoms with Crippen molar-refractivity contribution in [3.05, 3.63) is 30.0 Å². The monoisotopic (exact) mass is 287 g/mol. The number of amides is 1. The molecule has 0 radical (unpaired) electrons. The van der Waals surface area contributed by atoms with E-state index in [4.69, 9.17) is 5.11 Å². The van der Waals surface area contributed by atoms with E-state index in [0.29, 0.717) is 18.0 Å². The maximum atomic E-state index is 12.0. The summed E-state index contributed by atoms with van der Waals surface area (Å²) in [5.74, 6) is -0.818. The highest BCUT2D eigenvalue weighted by Crippen LogP contribution is 2.33. The Morgan fingerprint density at radius 2 is 2.14 bits per heavy atom. The highest BCUT2D eigenvalue weighted by atomic mass is 16.4. The van der Waals surface area contributed by atoms with Gasteiger partial charge in [-0.05, 0) is 18.4 Å². The number of H-pyrrole nitrogens is 1. The van der Waals surface area contributed by atoms with Crippen LogP contribution in [0.3, 0.4) is 0 Å². The first-order chi connectivity index (χ1) is 10.1. The minimum atomic E-state index is -0.968. The van der Waals surface area contributed by atoms with Gasteiger partial charge in [0.15, 0.2) is 0 Å². The molecule has 1 atom stereocenters. The molecule has 0 aliphatic heterocycles. The van der Waals surface area contributed by atoms with Crippen molar-refractivity contribution in [1.82, 2.24) is 15.5 Å². The predicted molar refractivity (Wildman–Crippen MR) is 76.7 cm³/mol. The van der Waals surface area contributed by atoms with E-state index >= 15 is 0 Å². The summed E-state index contributed by atoms with van der Waals surface area (Å²) >= 11 is 0. The lowest BCUT2D eigenvalue weighted by Crippen LogP contribution is -2.41. The molecule has 1 aliphatic carbocycles. The van der Waals surface area contributed by atoms with Crippen LogP contribution in [0.1, 0.15) is 25.0 Å². The minimum Gasteiger partial charge on any atom is -0.480 e. The molecule has 1 heterocycles. The quantitative estimate of drug-likeness (QED) is 0.750. The van der Waals surface area contributed by atoms with Gasteiger partial charge < -0.3 is 10.4 Å². The number of fused-ring (bicyclic) bond motifs is 1. The van der Waals surface area contributed by atoms with Crippen molar-refractivity contribution in [1.29, 1.82) is 0 Å². The third-order valence-electron chi connectivity index (χ3n) is 3.78. The zero-order valence-corrected chi connectivity index (χ0v) is 11.5. The fourth-order valence-corrected chi connectivity index (χ4v) is 2.46. The molecule has 1 unspecified atom stereocenters. The smallest absolute Gasteiger partial charge is 0.326 e. The fourth-order valence-electron chi connectivity index (χ4n) is 2.46. The van der Waals surface area contributed by atoms with Crippen LogP contribution in [0.4, 0.5) is 0 Å². The van der Waals surface area contributed by atoms with Gasteiger partial charge in [0.1, 0.15) is 6.04 Å². The van der Waals surface area contributed by atoms with Crippen LogP contribution in [0.2, 0.25) is 0 Å². The Balaban J connectivity index is 1.66. The van der Waals surface area contributed by atoms with E-state index in [-0.39, 0.29) is 12.3 Å². The van der Waals surface area contributed by atoms with Crippen LogP contribution < -0.4 is 5.32 Å². The molecule has 6 nitrogen and oxygen atoms in total. The van der Waals surface area contributed by atoms with Gasteiger partial charge in [-0.15, -0.1) is 0 Å². The molecule has 3 rings (SSSR count). The number of aromatic nitrogens is 2. The predicted octanol–water partition coefficient (Wildman–Crippen LogP) is 1.47. The second kappa shape index (κ2) is 5.55. The summed E-state index contributed by atoms with van der Waals surface area (Å²) in [5.41, 5.74) is 1.51. The first-order valence-electron chi connectivity index (χ1n) is 7.07. The van der Waals surface area contributed by atoms with E-state index in [1.807, 2.05) is 24.3 Å². The molecule has 110 valence electrons. The van der Waals surface area contributed by atoms with Crippen LogP contribution in [0, 0.1) is 5.92 Å². The van der Waals surface area contributed by atoms with Crippen LogP contribution >= 0.6 is 0 Å². The number of rotatable bonds is 6. The first kappa shape index (κ1) is 13.6. The molecular weight excluding hydrogens is 270 g/mol. The molecule has 2 aromatic rings. The highest BCUT2D eigenvalue weighted by molar-refractivity contribution is 5.89. The lowest BCUT2D eigenvalue weighted by molar-refractivity contribution is -0.142. The van der Waals surface area contributed by atoms with Crippen LogP contribution in [-0.4, -0.2) is 33.2 Å². The van der Waals surface area contributed by atoms with Crippen molar-refractivity contribution in [2.45, 2.75) is 31.7 Å². The Bertz CT molecular complexity index is 676. The Labute approximate surface area is 121 Å². The topological polar surface area (TPSA) is 95.1 Å². The molecule has 1 fully saturated rings. The van der Waals surface area contributed by atoms with Gasteiger partial charge in [0, 0.05) is 5.39 Å². The van der Waals surface area contributed by atoms with Gasteiger partial charge in [0.05, 0.1) is 17.6 Å². The van der Waals surface area contributed by atoms with Crippen molar-refractivity contribution in [3.63, 3.8) is 0 Å². The van der Waals surface area contributed by atoms with Crippen molar-refractivity contribution >= 4 is 22.8 Å². The Morgan fingerprint density at radius 3 is 2.86 bits per heavy atom. The first-order valence-corrected chi connectivity index (χ1v) is 7.07. The van der Waals surface area contributed by atoms with Crippen molar-refractivity contribution in [2.24, 2.45) is 5.92 Å². The van der Waals surface area contributed by atoms with E-state index in [1.54, 1.807) is 0 Å². The van der Waals surface area contributed by atoms with Gasteiger partial charge in [-0.1, -0.05) is 31.0 Å². The number of nitrogens with zero attached hydrogens (tertiary/aromatic N) is 1. The molecule has 1 aromatic heterocycles. The number of nitrogens with one attached hydrogen (secondary N) is 2. The standard InChI is InChI=1S/C15H17N3O3/c19-14(16-13(15(20)21)7-9-5-6-9)8-12-10-3-1-2-4-11(10)17-18-12/h1-4,9,13H,5-8H2,(H,16,19)(H,17,18)(H,20,21). The normalized spacial score (nSPS) is 15.8. The van der Waals surface area contributed by atoms with Gasteiger partial charge in [-0.3, -0.25) is 9.89 Å². The SMILES string of the molecule is O=C(Cc1[nH]nc2ccccc12)NC(CC1CC1)C(=O)O. The lowest BCUT2D eigenvalue weighted by Gasteiger charge is -2.13. The molecule has 3 N–H and O–H groups in total. The molecule has 0 saturated heterocycles. The molecule has 1 aromatic carbocycles. The van der Waals surface area contributed by atoms with Gasteiger partial charge >= 0.3 is 5.97 Å². The molecule has 1 aliphatic rings. The van der Waals surface area contributed by atoms with E-state index in [0.717, 1.165) is 23.7 Å². The van der Waals surface area contributed by atoms with Gasteiger partial charge in [-0.2, -0.15) is 5.10 Å². The number of carboxylic acid groups (broad SMARTS) is 1. The molecular formula is C15H17N3O3. The van der Waals surface area contributed by atoms with Gasteiger partial charge in [-0.25, -0.2) is 4.79 Å². The summed E-state index contributed by atoms with van der Waals surface area (Å²) < 4.78 is 0. The van der Waals surface area contributed by atoms with Crippen molar-refractivity contribution in [3.8, 4) is 0 Å². The fraction of sp³-hybridized carbons (Fsp3) is 0.400. The van der Waals surface area contributed by atoms with E-state index in [1.165, 1.54) is 0 Å². The largest absolute Gasteiger partial charge is 0.480 e. The molecule has 6 heteroatoms. The average Bonchev–Trinajstić information content (AvgIpc) is 3.19. The van der Waals surface area contributed by atoms with Gasteiger partial charge in [0.25, 0.3) is 0 Å². The summed E-state index contributed by atoms with van der Waals surface area (Å²) in [7, 11) is 0. The number of aliphatic carboxylic acids is 1. The number of hydrogen-bond donors (Lipinski definition) is 3. The third-order valence-corrected chi connectivity index (χ3v) is 3.78. The van der Waals surface area contributed by atoms with E-state index in [9.17, 15) is 9.59 Å². The summed E-state index contributed by atoms with van der Waals surface area (Å²) in [6, 6.07) is 6.72. The Morgan fingerprint density at radius 1 is 1.38 bits per heavy atom. The molecule has 0 bridgehead atoms. The number of aromatic amines is 1. The second-order valence-electron chi connectivity index (χ2n) is 5.53. The van der Waals surface area contributed by atoms with E-state index < -0.39 is 12.0 Å². The highest BCUT2D eigenvalue weighted by Gasteiger charge is 2.30. The summed E-state index contributed by atoms with van der Waals surface area (Å²) in [4.78, 5) is 23.2. The molecule has 1 saturated carbocycles. The van der Waals surface area contributed by atoms with Crippen LogP contribution in [0.25, 0.3) is 10.9 Å². The maximum absolute atomic E-state index is 12.0. The number of carboxylic acids is 1. The molecule has 0 spiro atoms. The van der Waals surface area contributed by atoms with Crippen LogP contribution in [0.15, 0.2) is 24.3 Å². The summed E-state index contributed by atoms with van der Waals surface area (Å²) in [6.45, 7) is 0. The second-order valence-corrected chi connectivity index (χ2v) is 5.53. The number of carbonyl (C=O) groups is 2. The number of hydrogen-bond acceptors (Lipinski definition) is 3. The minimum absolute atomic E-state index is 0.106. The Kier molecular flexibility index (Phi) is 3.60. The average molecular weight is 287 g/mol. The maximum Gasteiger partial charge on any atom is 0.326 e.